The lowest BCUT2D eigenvalue weighted by atomic mass is 10.1. The van der Waals surface area contributed by atoms with Crippen LogP contribution in [0.1, 0.15) is 26.2 Å². The van der Waals surface area contributed by atoms with E-state index in [1.807, 2.05) is 19.1 Å². The van der Waals surface area contributed by atoms with Crippen molar-refractivity contribution < 1.29 is 18.3 Å². The van der Waals surface area contributed by atoms with Gasteiger partial charge in [0.05, 0.1) is 4.90 Å². The van der Waals surface area contributed by atoms with Crippen molar-refractivity contribution in [3.05, 3.63) is 65.3 Å². The number of allylic oxidation sites excluding steroid dienone is 1. The van der Waals surface area contributed by atoms with E-state index in [1.165, 1.54) is 17.8 Å². The van der Waals surface area contributed by atoms with Crippen LogP contribution in [-0.4, -0.2) is 43.5 Å². The summed E-state index contributed by atoms with van der Waals surface area (Å²) in [5, 5.41) is 10.1. The molecule has 1 aliphatic rings. The van der Waals surface area contributed by atoms with Crippen LogP contribution in [0.2, 0.25) is 5.02 Å². The van der Waals surface area contributed by atoms with E-state index < -0.39 is 22.0 Å². The number of rotatable bonds is 9. The summed E-state index contributed by atoms with van der Waals surface area (Å²) in [7, 11) is -3.95. The van der Waals surface area contributed by atoms with Gasteiger partial charge in [0, 0.05) is 23.8 Å². The van der Waals surface area contributed by atoms with Crippen LogP contribution in [-0.2, 0) is 14.8 Å². The zero-order chi connectivity index (χ0) is 21.7. The van der Waals surface area contributed by atoms with Crippen molar-refractivity contribution in [2.75, 3.05) is 13.1 Å². The van der Waals surface area contributed by atoms with Crippen molar-refractivity contribution >= 4 is 27.6 Å². The normalized spacial score (nSPS) is 15.1. The minimum atomic E-state index is -3.95. The number of carbonyl (C=O) groups is 1. The van der Waals surface area contributed by atoms with E-state index in [4.69, 9.17) is 11.6 Å². The smallest absolute Gasteiger partial charge is 0.321 e. The highest BCUT2D eigenvalue weighted by Crippen LogP contribution is 2.23. The molecule has 0 bridgehead atoms. The first-order chi connectivity index (χ1) is 14.3. The van der Waals surface area contributed by atoms with Crippen LogP contribution in [0.5, 0.6) is 0 Å². The van der Waals surface area contributed by atoms with Crippen LogP contribution >= 0.6 is 11.6 Å². The summed E-state index contributed by atoms with van der Waals surface area (Å²) in [4.78, 5) is 13.8. The second-order valence-corrected chi connectivity index (χ2v) is 9.46. The summed E-state index contributed by atoms with van der Waals surface area (Å²) in [6.45, 7) is 3.66. The van der Waals surface area contributed by atoms with Crippen molar-refractivity contribution in [2.45, 2.75) is 37.1 Å². The maximum Gasteiger partial charge on any atom is 0.321 e. The molecule has 0 unspecified atom stereocenters. The van der Waals surface area contributed by atoms with Crippen molar-refractivity contribution in [1.82, 2.24) is 9.62 Å². The Balaban J connectivity index is 1.64. The molecule has 0 aliphatic carbocycles. The van der Waals surface area contributed by atoms with Crippen LogP contribution < -0.4 is 4.72 Å². The lowest BCUT2D eigenvalue weighted by Crippen LogP contribution is -2.41. The molecule has 2 aromatic carbocycles. The molecule has 0 amide bonds. The molecule has 0 spiro atoms. The van der Waals surface area contributed by atoms with E-state index in [2.05, 4.69) is 15.7 Å². The van der Waals surface area contributed by atoms with Gasteiger partial charge in [0.15, 0.2) is 0 Å². The van der Waals surface area contributed by atoms with Gasteiger partial charge in [-0.25, -0.2) is 8.42 Å². The van der Waals surface area contributed by atoms with E-state index >= 15 is 0 Å². The minimum absolute atomic E-state index is 0.0322. The Morgan fingerprint density at radius 3 is 2.27 bits per heavy atom. The maximum atomic E-state index is 12.7. The Bertz CT molecular complexity index is 1020. The summed E-state index contributed by atoms with van der Waals surface area (Å²) in [6.07, 6.45) is 3.94. The third-order valence-corrected chi connectivity index (χ3v) is 6.94. The fourth-order valence-corrected chi connectivity index (χ4v) is 4.82. The largest absolute Gasteiger partial charge is 0.480 e. The molecule has 1 atom stereocenters. The highest BCUT2D eigenvalue weighted by atomic mass is 35.5. The number of aliphatic carboxylic acids is 1. The van der Waals surface area contributed by atoms with Crippen molar-refractivity contribution in [3.8, 4) is 11.1 Å². The number of nitrogens with one attached hydrogen (secondary N) is 1. The zero-order valence-electron chi connectivity index (χ0n) is 16.7. The number of benzene rings is 2. The van der Waals surface area contributed by atoms with Gasteiger partial charge in [-0.3, -0.25) is 4.79 Å². The van der Waals surface area contributed by atoms with Gasteiger partial charge < -0.3 is 10.0 Å². The van der Waals surface area contributed by atoms with Gasteiger partial charge in [0.2, 0.25) is 10.0 Å². The van der Waals surface area contributed by atoms with Crippen LogP contribution in [0, 0.1) is 0 Å². The first-order valence-corrected chi connectivity index (χ1v) is 11.7. The molecule has 3 rings (SSSR count). The number of carboxylic acid groups (broad SMARTS) is 1. The van der Waals surface area contributed by atoms with Crippen LogP contribution in [0.3, 0.4) is 0 Å². The number of hydrogen-bond acceptors (Lipinski definition) is 4. The third-order valence-electron chi connectivity index (χ3n) is 5.20. The second kappa shape index (κ2) is 9.64. The Kier molecular flexibility index (Phi) is 7.18. The van der Waals surface area contributed by atoms with E-state index in [0.29, 0.717) is 18.0 Å². The summed E-state index contributed by atoms with van der Waals surface area (Å²) < 4.78 is 27.7. The van der Waals surface area contributed by atoms with Gasteiger partial charge in [0.25, 0.3) is 0 Å². The van der Waals surface area contributed by atoms with Gasteiger partial charge in [0.1, 0.15) is 6.04 Å². The summed E-state index contributed by atoms with van der Waals surface area (Å²) in [5.41, 5.74) is 2.93. The number of halogens is 1. The first kappa shape index (κ1) is 22.3. The number of hydrogen-bond donors (Lipinski definition) is 2. The Morgan fingerprint density at radius 1 is 1.13 bits per heavy atom. The molecular weight excluding hydrogens is 424 g/mol. The molecule has 1 heterocycles. The topological polar surface area (TPSA) is 86.7 Å². The van der Waals surface area contributed by atoms with Crippen LogP contribution in [0.25, 0.3) is 11.1 Å². The average molecular weight is 449 g/mol. The molecule has 8 heteroatoms. The minimum Gasteiger partial charge on any atom is -0.480 e. The molecule has 30 heavy (non-hydrogen) atoms. The van der Waals surface area contributed by atoms with Gasteiger partial charge in [-0.15, -0.1) is 0 Å². The molecule has 0 saturated carbocycles. The number of sulfonamides is 1. The van der Waals surface area contributed by atoms with Crippen LogP contribution in [0.4, 0.5) is 0 Å². The molecule has 0 aromatic heterocycles. The standard InChI is InChI=1S/C22H25ClN2O4S/c1-16-4-2-14-25(16)15-3-5-21(22(26)27)24-30(28,29)20-12-8-18(9-13-20)17-6-10-19(23)11-7-17/h4,6-13,21,24H,2-3,5,14-15H2,1H3,(H,26,27)/t21-/m0/s1. The number of carboxylic acids is 1. The molecule has 0 saturated heterocycles. The molecule has 6 nitrogen and oxygen atoms in total. The summed E-state index contributed by atoms with van der Waals surface area (Å²) >= 11 is 5.90. The van der Waals surface area contributed by atoms with E-state index in [1.54, 1.807) is 24.3 Å². The van der Waals surface area contributed by atoms with Gasteiger partial charge in [-0.2, -0.15) is 4.72 Å². The fraction of sp³-hybridized carbons (Fsp3) is 0.318. The SMILES string of the molecule is CC1=CCCN1CCC[C@H](NS(=O)(=O)c1ccc(-c2ccc(Cl)cc2)cc1)C(=O)O. The van der Waals surface area contributed by atoms with Crippen molar-refractivity contribution in [3.63, 3.8) is 0 Å². The molecule has 2 aromatic rings. The monoisotopic (exact) mass is 448 g/mol. The highest BCUT2D eigenvalue weighted by Gasteiger charge is 2.25. The molecular formula is C22H25ClN2O4S. The lowest BCUT2D eigenvalue weighted by molar-refractivity contribution is -0.139. The van der Waals surface area contributed by atoms with E-state index in [-0.39, 0.29) is 11.3 Å². The van der Waals surface area contributed by atoms with Crippen molar-refractivity contribution in [1.29, 1.82) is 0 Å². The van der Waals surface area contributed by atoms with Gasteiger partial charge >= 0.3 is 5.97 Å². The third kappa shape index (κ3) is 5.62. The molecule has 2 N–H and O–H groups in total. The Hall–Kier alpha value is -2.35. The van der Waals surface area contributed by atoms with Gasteiger partial charge in [-0.05, 0) is 61.6 Å². The van der Waals surface area contributed by atoms with Crippen molar-refractivity contribution in [2.24, 2.45) is 0 Å². The van der Waals surface area contributed by atoms with Gasteiger partial charge in [-0.1, -0.05) is 41.9 Å². The first-order valence-electron chi connectivity index (χ1n) is 9.79. The van der Waals surface area contributed by atoms with Crippen LogP contribution in [0.15, 0.2) is 65.2 Å². The predicted octanol–water partition coefficient (Wildman–Crippen LogP) is 4.13. The molecule has 1 aliphatic heterocycles. The number of nitrogens with zero attached hydrogens (tertiary/aromatic N) is 1. The van der Waals surface area contributed by atoms with E-state index in [9.17, 15) is 18.3 Å². The second-order valence-electron chi connectivity index (χ2n) is 7.31. The Morgan fingerprint density at radius 2 is 1.73 bits per heavy atom. The zero-order valence-corrected chi connectivity index (χ0v) is 18.3. The van der Waals surface area contributed by atoms with E-state index in [0.717, 1.165) is 24.1 Å². The quantitative estimate of drug-likeness (QED) is 0.602. The average Bonchev–Trinajstić information content (AvgIpc) is 3.12. The lowest BCUT2D eigenvalue weighted by Gasteiger charge is -2.21. The predicted molar refractivity (Wildman–Crippen MR) is 118 cm³/mol. The highest BCUT2D eigenvalue weighted by molar-refractivity contribution is 7.89. The molecule has 0 radical (unpaired) electrons. The fourth-order valence-electron chi connectivity index (χ4n) is 3.47. The maximum absolute atomic E-state index is 12.7. The Labute approximate surface area is 182 Å². The summed E-state index contributed by atoms with van der Waals surface area (Å²) in [5.74, 6) is -1.18. The molecule has 0 fully saturated rings. The summed E-state index contributed by atoms with van der Waals surface area (Å²) in [6, 6.07) is 12.4. The molecule has 160 valence electrons.